The Bertz CT molecular complexity index is 1050. The van der Waals surface area contributed by atoms with Gasteiger partial charge in [0.25, 0.3) is 0 Å². The summed E-state index contributed by atoms with van der Waals surface area (Å²) in [5.74, 6) is 0.736. The molecular formula is C21H22ClN5OS. The van der Waals surface area contributed by atoms with Crippen molar-refractivity contribution in [1.82, 2.24) is 14.9 Å². The molecule has 0 saturated carbocycles. The topological polar surface area (TPSA) is 71.8 Å². The molecule has 6 nitrogen and oxygen atoms in total. The number of aromatic nitrogens is 3. The molecule has 0 spiro atoms. The Hall–Kier alpha value is -2.51. The molecule has 0 bridgehead atoms. The molecule has 1 aliphatic rings. The third-order valence-electron chi connectivity index (χ3n) is 5.04. The van der Waals surface area contributed by atoms with Crippen molar-refractivity contribution in [2.24, 2.45) is 0 Å². The fourth-order valence-corrected chi connectivity index (χ4v) is 4.57. The summed E-state index contributed by atoms with van der Waals surface area (Å²) in [6, 6.07) is 13.5. The predicted octanol–water partition coefficient (Wildman–Crippen LogP) is 4.51. The summed E-state index contributed by atoms with van der Waals surface area (Å²) in [5.41, 5.74) is 7.23. The van der Waals surface area contributed by atoms with Crippen LogP contribution in [0.3, 0.4) is 0 Å². The minimum absolute atomic E-state index is 0.106. The Morgan fingerprint density at radius 1 is 1.21 bits per heavy atom. The molecule has 0 unspecified atom stereocenters. The Morgan fingerprint density at radius 2 is 1.97 bits per heavy atom. The first-order valence-corrected chi connectivity index (χ1v) is 10.7. The van der Waals surface area contributed by atoms with Gasteiger partial charge in [-0.2, -0.15) is 0 Å². The van der Waals surface area contributed by atoms with Gasteiger partial charge in [0.1, 0.15) is 5.25 Å². The van der Waals surface area contributed by atoms with Crippen LogP contribution in [0.1, 0.15) is 35.5 Å². The van der Waals surface area contributed by atoms with E-state index >= 15 is 0 Å². The molecule has 4 rings (SSSR count). The largest absolute Gasteiger partial charge is 0.325 e. The van der Waals surface area contributed by atoms with E-state index in [1.165, 1.54) is 17.3 Å². The summed E-state index contributed by atoms with van der Waals surface area (Å²) in [7, 11) is 0. The molecule has 0 saturated heterocycles. The first kappa shape index (κ1) is 19.8. The quantitative estimate of drug-likeness (QED) is 0.641. The molecule has 0 fully saturated rings. The molecule has 0 aliphatic carbocycles. The van der Waals surface area contributed by atoms with Gasteiger partial charge in [0.05, 0.1) is 6.04 Å². The fourth-order valence-electron chi connectivity index (χ4n) is 3.30. The summed E-state index contributed by atoms with van der Waals surface area (Å²) < 4.78 is 1.89. The van der Waals surface area contributed by atoms with Gasteiger partial charge in [-0.15, -0.1) is 10.2 Å². The standard InChI is InChI=1S/C21H22ClN5OS/c1-4-17-24-25-21-27(17)26-18(14-10-8-12(2)9-11-14)19(29-21)20(28)23-16-7-5-6-15(22)13(16)3/h5-11,18-19,26H,4H2,1-3H3,(H,23,28)/t18-,19-/m1/s1. The van der Waals surface area contributed by atoms with E-state index in [2.05, 4.69) is 45.2 Å². The smallest absolute Gasteiger partial charge is 0.240 e. The molecule has 0 radical (unpaired) electrons. The maximum atomic E-state index is 13.3. The van der Waals surface area contributed by atoms with Crippen LogP contribution < -0.4 is 10.7 Å². The van der Waals surface area contributed by atoms with Crippen LogP contribution in [0.25, 0.3) is 0 Å². The Kier molecular flexibility index (Phi) is 5.52. The van der Waals surface area contributed by atoms with Crippen molar-refractivity contribution in [3.63, 3.8) is 0 Å². The molecule has 1 aromatic heterocycles. The molecule has 1 amide bonds. The average Bonchev–Trinajstić information content (AvgIpc) is 3.13. The highest BCUT2D eigenvalue weighted by Gasteiger charge is 2.37. The van der Waals surface area contributed by atoms with Gasteiger partial charge >= 0.3 is 0 Å². The summed E-state index contributed by atoms with van der Waals surface area (Å²) in [6.45, 7) is 5.98. The van der Waals surface area contributed by atoms with E-state index in [4.69, 9.17) is 11.6 Å². The number of benzene rings is 2. The number of hydrogen-bond donors (Lipinski definition) is 2. The lowest BCUT2D eigenvalue weighted by atomic mass is 10.0. The van der Waals surface area contributed by atoms with Crippen LogP contribution in [-0.2, 0) is 11.2 Å². The van der Waals surface area contributed by atoms with E-state index < -0.39 is 5.25 Å². The first-order chi connectivity index (χ1) is 14.0. The maximum absolute atomic E-state index is 13.3. The van der Waals surface area contributed by atoms with Gasteiger partial charge in [0.2, 0.25) is 11.1 Å². The fraction of sp³-hybridized carbons (Fsp3) is 0.286. The Morgan fingerprint density at radius 3 is 2.69 bits per heavy atom. The lowest BCUT2D eigenvalue weighted by Crippen LogP contribution is -2.41. The van der Waals surface area contributed by atoms with Crippen molar-refractivity contribution in [2.45, 2.75) is 43.6 Å². The van der Waals surface area contributed by atoms with Gasteiger partial charge in [-0.3, -0.25) is 4.79 Å². The number of carbonyl (C=O) groups excluding carboxylic acids is 1. The van der Waals surface area contributed by atoms with Gasteiger partial charge in [-0.25, -0.2) is 4.68 Å². The number of amides is 1. The molecule has 8 heteroatoms. The zero-order chi connectivity index (χ0) is 20.5. The first-order valence-electron chi connectivity index (χ1n) is 9.48. The van der Waals surface area contributed by atoms with E-state index in [-0.39, 0.29) is 11.9 Å². The molecular weight excluding hydrogens is 406 g/mol. The Balaban J connectivity index is 1.69. The van der Waals surface area contributed by atoms with Gasteiger partial charge in [0.15, 0.2) is 5.82 Å². The lowest BCUT2D eigenvalue weighted by molar-refractivity contribution is -0.116. The van der Waals surface area contributed by atoms with Crippen molar-refractivity contribution in [1.29, 1.82) is 0 Å². The lowest BCUT2D eigenvalue weighted by Gasteiger charge is -2.33. The Labute approximate surface area is 179 Å². The molecule has 150 valence electrons. The zero-order valence-electron chi connectivity index (χ0n) is 16.4. The maximum Gasteiger partial charge on any atom is 0.240 e. The number of hydrogen-bond acceptors (Lipinski definition) is 5. The SMILES string of the molecule is CCc1nnc2n1N[C@H](c1ccc(C)cc1)[C@H](C(=O)Nc1cccc(Cl)c1C)S2. The number of rotatable bonds is 4. The molecule has 3 aromatic rings. The summed E-state index contributed by atoms with van der Waals surface area (Å²) >= 11 is 7.64. The number of aryl methyl sites for hydroxylation is 2. The van der Waals surface area contributed by atoms with Crippen molar-refractivity contribution >= 4 is 35.0 Å². The van der Waals surface area contributed by atoms with E-state index in [0.717, 1.165) is 23.4 Å². The second-order valence-electron chi connectivity index (χ2n) is 7.05. The van der Waals surface area contributed by atoms with Crippen LogP contribution in [0.2, 0.25) is 5.02 Å². The van der Waals surface area contributed by atoms with E-state index in [1.807, 2.05) is 43.6 Å². The van der Waals surface area contributed by atoms with Crippen LogP contribution >= 0.6 is 23.4 Å². The number of thioether (sulfide) groups is 1. The number of anilines is 1. The van der Waals surface area contributed by atoms with Gasteiger partial charge in [-0.05, 0) is 37.1 Å². The van der Waals surface area contributed by atoms with Crippen molar-refractivity contribution in [3.8, 4) is 0 Å². The second-order valence-corrected chi connectivity index (χ2v) is 8.56. The molecule has 1 aliphatic heterocycles. The van der Waals surface area contributed by atoms with E-state index in [1.54, 1.807) is 0 Å². The van der Waals surface area contributed by atoms with E-state index in [0.29, 0.717) is 15.9 Å². The average molecular weight is 428 g/mol. The second kappa shape index (κ2) is 8.08. The van der Waals surface area contributed by atoms with E-state index in [9.17, 15) is 4.79 Å². The summed E-state index contributed by atoms with van der Waals surface area (Å²) in [6.07, 6.45) is 0.750. The number of halogens is 1. The monoisotopic (exact) mass is 427 g/mol. The van der Waals surface area contributed by atoms with Crippen LogP contribution in [0.15, 0.2) is 47.6 Å². The summed E-state index contributed by atoms with van der Waals surface area (Å²) in [4.78, 5) is 13.3. The van der Waals surface area contributed by atoms with Crippen LogP contribution in [0.4, 0.5) is 5.69 Å². The number of fused-ring (bicyclic) bond motifs is 1. The summed E-state index contributed by atoms with van der Waals surface area (Å²) in [5, 5.41) is 12.4. The van der Waals surface area contributed by atoms with Crippen molar-refractivity contribution < 1.29 is 4.79 Å². The molecule has 29 heavy (non-hydrogen) atoms. The minimum Gasteiger partial charge on any atom is -0.325 e. The molecule has 2 atom stereocenters. The van der Waals surface area contributed by atoms with Crippen LogP contribution in [-0.4, -0.2) is 26.0 Å². The highest BCUT2D eigenvalue weighted by Crippen LogP contribution is 2.38. The predicted molar refractivity (Wildman–Crippen MR) is 117 cm³/mol. The molecule has 2 N–H and O–H groups in total. The highest BCUT2D eigenvalue weighted by molar-refractivity contribution is 8.00. The highest BCUT2D eigenvalue weighted by atomic mass is 35.5. The minimum atomic E-state index is -0.419. The normalized spacial score (nSPS) is 18.1. The van der Waals surface area contributed by atoms with Crippen LogP contribution in [0, 0.1) is 13.8 Å². The number of nitrogens with zero attached hydrogens (tertiary/aromatic N) is 3. The van der Waals surface area contributed by atoms with Crippen molar-refractivity contribution in [3.05, 3.63) is 70.0 Å². The van der Waals surface area contributed by atoms with Gasteiger partial charge in [-0.1, -0.05) is 66.2 Å². The number of nitrogens with one attached hydrogen (secondary N) is 2. The molecule has 2 aromatic carbocycles. The third kappa shape index (κ3) is 3.84. The van der Waals surface area contributed by atoms with Gasteiger partial charge in [0, 0.05) is 17.1 Å². The molecule has 2 heterocycles. The third-order valence-corrected chi connectivity index (χ3v) is 6.67. The van der Waals surface area contributed by atoms with Crippen LogP contribution in [0.5, 0.6) is 0 Å². The van der Waals surface area contributed by atoms with Crippen molar-refractivity contribution in [2.75, 3.05) is 10.7 Å². The van der Waals surface area contributed by atoms with Gasteiger partial charge < -0.3 is 10.7 Å². The zero-order valence-corrected chi connectivity index (χ0v) is 18.0. The number of carbonyl (C=O) groups is 1.